The summed E-state index contributed by atoms with van der Waals surface area (Å²) in [6.07, 6.45) is 7.39. The van der Waals surface area contributed by atoms with Gasteiger partial charge in [0.25, 0.3) is 0 Å². The Labute approximate surface area is 344 Å². The summed E-state index contributed by atoms with van der Waals surface area (Å²) >= 11 is 0. The molecule has 1 rings (SSSR count). The van der Waals surface area contributed by atoms with Crippen molar-refractivity contribution < 1.29 is 78.2 Å². The van der Waals surface area contributed by atoms with E-state index in [1.165, 1.54) is 47.6 Å². The van der Waals surface area contributed by atoms with Crippen LogP contribution in [0, 0.1) is 0 Å². The first-order chi connectivity index (χ1) is 27.6. The van der Waals surface area contributed by atoms with Crippen LogP contribution in [0.15, 0.2) is 93.2 Å². The quantitative estimate of drug-likeness (QED) is 0.0478. The first kappa shape index (κ1) is 50.3. The molecule has 0 amide bonds. The third kappa shape index (κ3) is 14.3. The highest BCUT2D eigenvalue weighted by molar-refractivity contribution is 6.06. The van der Waals surface area contributed by atoms with Crippen molar-refractivity contribution >= 4 is 83.6 Å². The molecule has 0 heterocycles. The number of carboxylic acid groups (broad SMARTS) is 5. The fourth-order valence-corrected chi connectivity index (χ4v) is 4.58. The standard InChI is InChI=1S/C44H44O16/c1-20(2)41(55)59-43(57)27(10)13-29(14-28(11)44(58)60-42(56)21(3)4)31(15-23(6)37(47)48)35-19-30(12-22(5)36(45)46)32(16-24(7)38(49)50)33(17-25(8)39(51)52)34(35)18-26(9)40(53)54/h12-19H,1,3H2,2,4-11H3,(H,45,46)(H,47,48)(H,49,50)(H,51,52)(H,53,54). The molecule has 0 aliphatic carbocycles. The van der Waals surface area contributed by atoms with Gasteiger partial charge in [0.2, 0.25) is 0 Å². The van der Waals surface area contributed by atoms with Crippen molar-refractivity contribution in [3.8, 4) is 0 Å². The molecule has 0 aliphatic heterocycles. The number of esters is 4. The van der Waals surface area contributed by atoms with Crippen LogP contribution in [0.1, 0.15) is 90.1 Å². The lowest BCUT2D eigenvalue weighted by molar-refractivity contribution is -0.155. The smallest absolute Gasteiger partial charge is 0.341 e. The monoisotopic (exact) mass is 828 g/mol. The highest BCUT2D eigenvalue weighted by Gasteiger charge is 2.23. The van der Waals surface area contributed by atoms with Gasteiger partial charge in [-0.15, -0.1) is 0 Å². The van der Waals surface area contributed by atoms with Gasteiger partial charge in [0, 0.05) is 50.2 Å². The van der Waals surface area contributed by atoms with Crippen molar-refractivity contribution in [3.63, 3.8) is 0 Å². The summed E-state index contributed by atoms with van der Waals surface area (Å²) in [4.78, 5) is 112. The minimum Gasteiger partial charge on any atom is -0.478 e. The van der Waals surface area contributed by atoms with Crippen LogP contribution in [0.5, 0.6) is 0 Å². The summed E-state index contributed by atoms with van der Waals surface area (Å²) in [5.41, 5.74) is -4.25. The number of rotatable bonds is 17. The van der Waals surface area contributed by atoms with Crippen molar-refractivity contribution in [2.24, 2.45) is 0 Å². The van der Waals surface area contributed by atoms with Gasteiger partial charge in [0.1, 0.15) is 0 Å². The lowest BCUT2D eigenvalue weighted by Crippen LogP contribution is -2.14. The lowest BCUT2D eigenvalue weighted by Gasteiger charge is -2.21. The number of carbonyl (C=O) groups excluding carboxylic acids is 4. The Morgan fingerprint density at radius 2 is 0.767 bits per heavy atom. The molecular formula is C44H44O16. The van der Waals surface area contributed by atoms with Crippen LogP contribution in [0.4, 0.5) is 0 Å². The van der Waals surface area contributed by atoms with Gasteiger partial charge in [-0.1, -0.05) is 13.2 Å². The molecule has 0 aliphatic rings. The number of aliphatic carboxylic acids is 5. The van der Waals surface area contributed by atoms with Gasteiger partial charge in [-0.05, 0) is 150 Å². The zero-order valence-electron chi connectivity index (χ0n) is 34.3. The predicted molar refractivity (Wildman–Crippen MR) is 219 cm³/mol. The minimum absolute atomic E-state index is 0.113. The molecule has 0 aromatic heterocycles. The Morgan fingerprint density at radius 3 is 1.12 bits per heavy atom. The van der Waals surface area contributed by atoms with Crippen LogP contribution in [-0.4, -0.2) is 79.3 Å². The summed E-state index contributed by atoms with van der Waals surface area (Å²) in [5, 5.41) is 49.8. The van der Waals surface area contributed by atoms with Crippen molar-refractivity contribution in [2.45, 2.75) is 62.3 Å². The second kappa shape index (κ2) is 21.7. The Balaban J connectivity index is 5.36. The molecule has 316 valence electrons. The maximum atomic E-state index is 13.2. The van der Waals surface area contributed by atoms with Gasteiger partial charge in [-0.2, -0.15) is 0 Å². The van der Waals surface area contributed by atoms with Gasteiger partial charge < -0.3 is 35.0 Å². The number of ether oxygens (including phenoxy) is 2. The second-order valence-electron chi connectivity index (χ2n) is 13.4. The summed E-state index contributed by atoms with van der Waals surface area (Å²) in [6.45, 7) is 17.6. The second-order valence-corrected chi connectivity index (χ2v) is 13.4. The van der Waals surface area contributed by atoms with Crippen LogP contribution in [-0.2, 0) is 52.6 Å². The SMILES string of the molecule is C=C(C)C(=O)OC(=O)C(C)=CC(C=C(C)C(=O)OC(=O)C(=C)C)=C(C=C(C)C(=O)O)c1cc(C=C(C)C(=O)O)c(C=C(C)C(=O)O)c(C=C(C)C(=O)O)c1C=C(C)C(=O)O. The van der Waals surface area contributed by atoms with E-state index in [1.807, 2.05) is 0 Å². The fraction of sp³-hybridized carbons (Fsp3) is 0.205. The Morgan fingerprint density at radius 1 is 0.433 bits per heavy atom. The zero-order chi connectivity index (χ0) is 46.5. The number of allylic oxidation sites excluding steroid dienone is 5. The first-order valence-electron chi connectivity index (χ1n) is 17.3. The number of hydrogen-bond donors (Lipinski definition) is 5. The molecule has 0 unspecified atom stereocenters. The molecule has 0 saturated carbocycles. The van der Waals surface area contributed by atoms with E-state index >= 15 is 0 Å². The lowest BCUT2D eigenvalue weighted by atomic mass is 9.83. The third-order valence-electron chi connectivity index (χ3n) is 8.04. The van der Waals surface area contributed by atoms with Gasteiger partial charge >= 0.3 is 53.7 Å². The van der Waals surface area contributed by atoms with Crippen LogP contribution in [0.25, 0.3) is 29.9 Å². The van der Waals surface area contributed by atoms with Gasteiger partial charge in [0.05, 0.1) is 0 Å². The summed E-state index contributed by atoms with van der Waals surface area (Å²) in [5.74, 6) is -12.0. The Kier molecular flexibility index (Phi) is 18.2. The fourth-order valence-electron chi connectivity index (χ4n) is 4.58. The summed E-state index contributed by atoms with van der Waals surface area (Å²) in [6, 6.07) is 1.22. The summed E-state index contributed by atoms with van der Waals surface area (Å²) in [7, 11) is 0. The molecule has 0 saturated heterocycles. The van der Waals surface area contributed by atoms with Crippen molar-refractivity contribution in [1.29, 1.82) is 0 Å². The van der Waals surface area contributed by atoms with E-state index in [0.717, 1.165) is 63.3 Å². The van der Waals surface area contributed by atoms with Crippen LogP contribution in [0.2, 0.25) is 0 Å². The average molecular weight is 829 g/mol. The number of carbonyl (C=O) groups is 9. The van der Waals surface area contributed by atoms with E-state index in [-0.39, 0.29) is 78.0 Å². The maximum absolute atomic E-state index is 13.2. The third-order valence-corrected chi connectivity index (χ3v) is 8.04. The molecule has 1 aromatic rings. The van der Waals surface area contributed by atoms with E-state index in [9.17, 15) is 68.7 Å². The molecule has 0 atom stereocenters. The molecule has 5 N–H and O–H groups in total. The molecule has 60 heavy (non-hydrogen) atoms. The first-order valence-corrected chi connectivity index (χ1v) is 17.3. The predicted octanol–water partition coefficient (Wildman–Crippen LogP) is 6.61. The Hall–Kier alpha value is -7.75. The van der Waals surface area contributed by atoms with E-state index in [4.69, 9.17) is 9.47 Å². The van der Waals surface area contributed by atoms with Crippen LogP contribution >= 0.6 is 0 Å². The molecule has 16 nitrogen and oxygen atoms in total. The van der Waals surface area contributed by atoms with Crippen molar-refractivity contribution in [1.82, 2.24) is 0 Å². The topological polar surface area (TPSA) is 273 Å². The van der Waals surface area contributed by atoms with E-state index in [2.05, 4.69) is 13.2 Å². The van der Waals surface area contributed by atoms with Gasteiger partial charge in [0.15, 0.2) is 0 Å². The van der Waals surface area contributed by atoms with E-state index in [1.54, 1.807) is 0 Å². The van der Waals surface area contributed by atoms with E-state index < -0.39 is 64.9 Å². The molecular weight excluding hydrogens is 784 g/mol. The highest BCUT2D eigenvalue weighted by Crippen LogP contribution is 2.38. The molecule has 0 fully saturated rings. The van der Waals surface area contributed by atoms with Gasteiger partial charge in [-0.25, -0.2) is 43.2 Å². The van der Waals surface area contributed by atoms with Crippen molar-refractivity contribution in [2.75, 3.05) is 0 Å². The molecule has 16 heteroatoms. The largest absolute Gasteiger partial charge is 0.478 e. The van der Waals surface area contributed by atoms with Gasteiger partial charge in [-0.3, -0.25) is 0 Å². The zero-order valence-corrected chi connectivity index (χ0v) is 34.3. The minimum atomic E-state index is -1.51. The van der Waals surface area contributed by atoms with Crippen molar-refractivity contribution in [3.05, 3.63) is 121 Å². The Bertz CT molecular complexity index is 2320. The number of benzene rings is 1. The number of hydrogen-bond acceptors (Lipinski definition) is 11. The molecule has 0 spiro atoms. The van der Waals surface area contributed by atoms with Crippen LogP contribution in [0.3, 0.4) is 0 Å². The average Bonchev–Trinajstić information content (AvgIpc) is 3.14. The highest BCUT2D eigenvalue weighted by atomic mass is 16.6. The van der Waals surface area contributed by atoms with Crippen LogP contribution < -0.4 is 0 Å². The summed E-state index contributed by atoms with van der Waals surface area (Å²) < 4.78 is 9.71. The van der Waals surface area contributed by atoms with E-state index in [0.29, 0.717) is 0 Å². The number of carboxylic acids is 5. The maximum Gasteiger partial charge on any atom is 0.341 e. The molecule has 1 aromatic carbocycles. The molecule has 0 radical (unpaired) electrons. The molecule has 0 bridgehead atoms. The normalized spacial score (nSPS) is 12.8.